The molecule has 5 rings (SSSR count). The molecule has 2 bridgehead atoms. The van der Waals surface area contributed by atoms with Crippen molar-refractivity contribution in [3.8, 4) is 0 Å². The Labute approximate surface area is 133 Å². The van der Waals surface area contributed by atoms with E-state index in [1.54, 1.807) is 0 Å². The third-order valence-corrected chi connectivity index (χ3v) is 7.08. The molecule has 1 spiro atoms. The van der Waals surface area contributed by atoms with E-state index in [4.69, 9.17) is 19.2 Å². The molecule has 4 aliphatic heterocycles. The maximum atomic E-state index is 10.4. The molecule has 1 N–H and O–H groups in total. The first-order valence-electron chi connectivity index (χ1n) is 7.87. The molecule has 5 aliphatic rings. The SMILES string of the molecule is C[C@@H]1CCC2C(C)(Br)C(O)OC3O[C@@]4(C)CCC1[C@]32OO4. The maximum absolute atomic E-state index is 10.4. The van der Waals surface area contributed by atoms with Gasteiger partial charge in [0.15, 0.2) is 18.2 Å². The molecule has 0 aromatic heterocycles. The minimum atomic E-state index is -0.918. The molecule has 4 heterocycles. The van der Waals surface area contributed by atoms with Gasteiger partial charge in [-0.3, -0.25) is 0 Å². The summed E-state index contributed by atoms with van der Waals surface area (Å²) in [4.78, 5) is 11.7. The number of aliphatic hydroxyl groups is 1. The molecule has 1 saturated carbocycles. The summed E-state index contributed by atoms with van der Waals surface area (Å²) in [6.45, 7) is 6.13. The van der Waals surface area contributed by atoms with E-state index < -0.39 is 28.3 Å². The third-order valence-electron chi connectivity index (χ3n) is 6.13. The zero-order valence-corrected chi connectivity index (χ0v) is 14.3. The lowest BCUT2D eigenvalue weighted by Gasteiger charge is -2.61. The van der Waals surface area contributed by atoms with Gasteiger partial charge in [-0.15, -0.1) is 0 Å². The van der Waals surface area contributed by atoms with Crippen LogP contribution < -0.4 is 0 Å². The van der Waals surface area contributed by atoms with E-state index in [1.165, 1.54) is 0 Å². The fraction of sp³-hybridized carbons (Fsp3) is 1.00. The van der Waals surface area contributed by atoms with Gasteiger partial charge in [0.05, 0.1) is 4.32 Å². The number of hydrogen-bond acceptors (Lipinski definition) is 5. The first kappa shape index (κ1) is 14.8. The maximum Gasteiger partial charge on any atom is 0.201 e. The fourth-order valence-electron chi connectivity index (χ4n) is 4.86. The van der Waals surface area contributed by atoms with Crippen LogP contribution in [0.1, 0.15) is 46.5 Å². The van der Waals surface area contributed by atoms with E-state index in [2.05, 4.69) is 22.9 Å². The Hall–Kier alpha value is 0.280. The van der Waals surface area contributed by atoms with Crippen molar-refractivity contribution in [3.63, 3.8) is 0 Å². The lowest BCUT2D eigenvalue weighted by Crippen LogP contribution is -2.73. The van der Waals surface area contributed by atoms with Crippen molar-refractivity contribution in [1.29, 1.82) is 0 Å². The van der Waals surface area contributed by atoms with Crippen LogP contribution >= 0.6 is 15.9 Å². The first-order chi connectivity index (χ1) is 9.80. The summed E-state index contributed by atoms with van der Waals surface area (Å²) in [6.07, 6.45) is 2.37. The van der Waals surface area contributed by atoms with E-state index in [1.807, 2.05) is 13.8 Å². The molecule has 0 aromatic carbocycles. The number of halogens is 1. The molecule has 8 atom stereocenters. The second-order valence-electron chi connectivity index (χ2n) is 7.50. The predicted molar refractivity (Wildman–Crippen MR) is 77.2 cm³/mol. The van der Waals surface area contributed by atoms with Crippen LogP contribution in [0.4, 0.5) is 0 Å². The van der Waals surface area contributed by atoms with Gasteiger partial charge in [-0.2, -0.15) is 0 Å². The molecule has 1 aliphatic carbocycles. The van der Waals surface area contributed by atoms with Gasteiger partial charge in [-0.05, 0) is 44.9 Å². The molecule has 5 nitrogen and oxygen atoms in total. The van der Waals surface area contributed by atoms with E-state index in [-0.39, 0.29) is 5.92 Å². The van der Waals surface area contributed by atoms with Gasteiger partial charge >= 0.3 is 0 Å². The van der Waals surface area contributed by atoms with Crippen LogP contribution in [0.15, 0.2) is 0 Å². The highest BCUT2D eigenvalue weighted by atomic mass is 79.9. The first-order valence-corrected chi connectivity index (χ1v) is 8.66. The van der Waals surface area contributed by atoms with Crippen LogP contribution in [0.3, 0.4) is 0 Å². The van der Waals surface area contributed by atoms with E-state index in [9.17, 15) is 5.11 Å². The summed E-state index contributed by atoms with van der Waals surface area (Å²) in [5, 5.41) is 10.4. The molecule has 120 valence electrons. The highest BCUT2D eigenvalue weighted by Gasteiger charge is 2.72. The van der Waals surface area contributed by atoms with Gasteiger partial charge < -0.3 is 14.6 Å². The Morgan fingerprint density at radius 3 is 2.67 bits per heavy atom. The van der Waals surface area contributed by atoms with E-state index >= 15 is 0 Å². The van der Waals surface area contributed by atoms with Crippen molar-refractivity contribution < 1.29 is 24.4 Å². The minimum Gasteiger partial charge on any atom is -0.367 e. The van der Waals surface area contributed by atoms with Crippen LogP contribution in [-0.2, 0) is 19.2 Å². The number of hydrogen-bond donors (Lipinski definition) is 1. The normalized spacial score (nSPS) is 63.0. The lowest BCUT2D eigenvalue weighted by molar-refractivity contribution is -0.574. The minimum absolute atomic E-state index is 0.0857. The molecule has 0 radical (unpaired) electrons. The second kappa shape index (κ2) is 4.42. The standard InChI is InChI=1S/C15H23BrO5/c1-8-4-5-10-14(3,16)11(17)18-12-15(10)9(8)6-7-13(2,19-12)20-21-15/h8-12,17H,4-7H2,1-3H3/t8-,9?,10?,11?,12?,13-,14?,15-/m1/s1. The van der Waals surface area contributed by atoms with Gasteiger partial charge in [0.25, 0.3) is 0 Å². The van der Waals surface area contributed by atoms with Crippen molar-refractivity contribution in [2.75, 3.05) is 0 Å². The van der Waals surface area contributed by atoms with Gasteiger partial charge in [0.2, 0.25) is 5.79 Å². The monoisotopic (exact) mass is 362 g/mol. The Morgan fingerprint density at radius 2 is 1.90 bits per heavy atom. The molecular formula is C15H23BrO5. The summed E-state index contributed by atoms with van der Waals surface area (Å²) in [6, 6.07) is 0. The van der Waals surface area contributed by atoms with Gasteiger partial charge in [-0.1, -0.05) is 22.9 Å². The lowest BCUT2D eigenvalue weighted by atomic mass is 9.58. The highest BCUT2D eigenvalue weighted by molar-refractivity contribution is 9.10. The Morgan fingerprint density at radius 1 is 1.14 bits per heavy atom. The van der Waals surface area contributed by atoms with E-state index in [0.29, 0.717) is 11.8 Å². The van der Waals surface area contributed by atoms with Gasteiger partial charge in [-0.25, -0.2) is 9.78 Å². The Kier molecular flexibility index (Phi) is 3.13. The summed E-state index contributed by atoms with van der Waals surface area (Å²) in [5.74, 6) is 0.146. The average Bonchev–Trinajstić information content (AvgIpc) is 2.63. The van der Waals surface area contributed by atoms with Crippen molar-refractivity contribution >= 4 is 15.9 Å². The van der Waals surface area contributed by atoms with Crippen LogP contribution in [0.25, 0.3) is 0 Å². The zero-order valence-electron chi connectivity index (χ0n) is 12.7. The molecule has 0 aromatic rings. The van der Waals surface area contributed by atoms with Gasteiger partial charge in [0.1, 0.15) is 0 Å². The average molecular weight is 363 g/mol. The number of fused-ring (bicyclic) bond motifs is 2. The molecule has 6 heteroatoms. The smallest absolute Gasteiger partial charge is 0.201 e. The molecular weight excluding hydrogens is 340 g/mol. The van der Waals surface area contributed by atoms with Crippen LogP contribution in [0, 0.1) is 17.8 Å². The number of rotatable bonds is 0. The van der Waals surface area contributed by atoms with Crippen LogP contribution in [0.2, 0.25) is 0 Å². The third kappa shape index (κ3) is 1.80. The zero-order chi connectivity index (χ0) is 15.0. The number of aliphatic hydroxyl groups excluding tert-OH is 1. The predicted octanol–water partition coefficient (Wildman–Crippen LogP) is 2.70. The fourth-order valence-corrected chi connectivity index (χ4v) is 5.56. The van der Waals surface area contributed by atoms with Gasteiger partial charge in [0, 0.05) is 12.3 Å². The van der Waals surface area contributed by atoms with Crippen molar-refractivity contribution in [2.45, 2.75) is 74.7 Å². The van der Waals surface area contributed by atoms with Crippen LogP contribution in [-0.4, -0.2) is 33.4 Å². The summed E-state index contributed by atoms with van der Waals surface area (Å²) >= 11 is 3.69. The number of ether oxygens (including phenoxy) is 2. The van der Waals surface area contributed by atoms with E-state index in [0.717, 1.165) is 25.7 Å². The topological polar surface area (TPSA) is 57.2 Å². The summed E-state index contributed by atoms with van der Waals surface area (Å²) in [7, 11) is 0. The summed E-state index contributed by atoms with van der Waals surface area (Å²) < 4.78 is 11.4. The molecule has 0 amide bonds. The number of alkyl halides is 1. The Bertz CT molecular complexity index is 457. The van der Waals surface area contributed by atoms with Crippen molar-refractivity contribution in [2.24, 2.45) is 17.8 Å². The van der Waals surface area contributed by atoms with Crippen molar-refractivity contribution in [1.82, 2.24) is 0 Å². The van der Waals surface area contributed by atoms with Crippen LogP contribution in [0.5, 0.6) is 0 Å². The molecule has 5 fully saturated rings. The molecule has 5 unspecified atom stereocenters. The highest BCUT2D eigenvalue weighted by Crippen LogP contribution is 2.62. The van der Waals surface area contributed by atoms with Crippen molar-refractivity contribution in [3.05, 3.63) is 0 Å². The second-order valence-corrected chi connectivity index (χ2v) is 9.20. The largest absolute Gasteiger partial charge is 0.367 e. The molecule has 4 saturated heterocycles. The Balaban J connectivity index is 1.85. The molecule has 21 heavy (non-hydrogen) atoms. The summed E-state index contributed by atoms with van der Waals surface area (Å²) in [5.41, 5.74) is -0.634. The quantitative estimate of drug-likeness (QED) is 0.530.